The van der Waals surface area contributed by atoms with E-state index in [9.17, 15) is 9.59 Å². The molecule has 1 fully saturated rings. The Labute approximate surface area is 127 Å². The molecule has 2 amide bonds. The van der Waals surface area contributed by atoms with Gasteiger partial charge < -0.3 is 5.32 Å². The van der Waals surface area contributed by atoms with Crippen LogP contribution in [0.15, 0.2) is 41.1 Å². The van der Waals surface area contributed by atoms with Crippen LogP contribution in [0.25, 0.3) is 0 Å². The molecule has 1 N–H and O–H groups in total. The van der Waals surface area contributed by atoms with Crippen LogP contribution in [-0.4, -0.2) is 17.9 Å². The van der Waals surface area contributed by atoms with Crippen LogP contribution in [-0.2, 0) is 16.1 Å². The predicted octanol–water partition coefficient (Wildman–Crippen LogP) is 2.48. The fraction of sp³-hybridized carbons (Fsp3) is 0.250. The van der Waals surface area contributed by atoms with Crippen molar-refractivity contribution in [1.29, 1.82) is 0 Å². The molecule has 2 aromatic rings. The summed E-state index contributed by atoms with van der Waals surface area (Å²) in [5.41, 5.74) is 3.03. The van der Waals surface area contributed by atoms with Crippen LogP contribution in [0.1, 0.15) is 17.5 Å². The molecule has 21 heavy (non-hydrogen) atoms. The number of amides is 2. The minimum Gasteiger partial charge on any atom is -0.301 e. The van der Waals surface area contributed by atoms with Gasteiger partial charge in [0.1, 0.15) is 0 Å². The van der Waals surface area contributed by atoms with E-state index >= 15 is 0 Å². The maximum atomic E-state index is 12.4. The fourth-order valence-corrected chi connectivity index (χ4v) is 3.30. The van der Waals surface area contributed by atoms with Crippen LogP contribution in [0.2, 0.25) is 0 Å². The Kier molecular flexibility index (Phi) is 3.86. The summed E-state index contributed by atoms with van der Waals surface area (Å²) in [5, 5.41) is 7.35. The number of thiophene rings is 1. The van der Waals surface area contributed by atoms with E-state index in [2.05, 4.69) is 16.1 Å². The third kappa shape index (κ3) is 2.75. The van der Waals surface area contributed by atoms with Crippen molar-refractivity contribution >= 4 is 28.8 Å². The number of nitrogens with one attached hydrogen (secondary N) is 1. The molecule has 108 valence electrons. The number of carbonyl (C=O) groups excluding carboxylic acids is 2. The molecule has 1 aliphatic rings. The minimum absolute atomic E-state index is 0.147. The number of hydrogen-bond acceptors (Lipinski definition) is 4. The number of imide groups is 1. The van der Waals surface area contributed by atoms with Crippen LogP contribution in [0.5, 0.6) is 0 Å². The lowest BCUT2D eigenvalue weighted by Crippen LogP contribution is -2.38. The van der Waals surface area contributed by atoms with Gasteiger partial charge in [0.05, 0.1) is 18.2 Å². The SMILES string of the molecule is Cc1cscc1CNC1CC(=O)N(c2ccccc2)C1=O. The Morgan fingerprint density at radius 2 is 2.00 bits per heavy atom. The van der Waals surface area contributed by atoms with E-state index in [1.165, 1.54) is 16.0 Å². The van der Waals surface area contributed by atoms with E-state index in [-0.39, 0.29) is 18.2 Å². The average molecular weight is 300 g/mol. The molecule has 0 saturated carbocycles. The lowest BCUT2D eigenvalue weighted by molar-refractivity contribution is -0.121. The van der Waals surface area contributed by atoms with Crippen molar-refractivity contribution < 1.29 is 9.59 Å². The highest BCUT2D eigenvalue weighted by Gasteiger charge is 2.39. The van der Waals surface area contributed by atoms with Crippen molar-refractivity contribution in [3.8, 4) is 0 Å². The third-order valence-corrected chi connectivity index (χ3v) is 4.57. The molecule has 1 saturated heterocycles. The van der Waals surface area contributed by atoms with Crippen LogP contribution in [0, 0.1) is 6.92 Å². The van der Waals surface area contributed by atoms with Crippen LogP contribution in [0.3, 0.4) is 0 Å². The second kappa shape index (κ2) is 5.79. The summed E-state index contributed by atoms with van der Waals surface area (Å²) in [5.74, 6) is -0.315. The lowest BCUT2D eigenvalue weighted by Gasteiger charge is -2.15. The zero-order valence-corrected chi connectivity index (χ0v) is 12.5. The first kappa shape index (κ1) is 14.0. The van der Waals surface area contributed by atoms with Gasteiger partial charge in [-0.2, -0.15) is 11.3 Å². The zero-order valence-electron chi connectivity index (χ0n) is 11.7. The summed E-state index contributed by atoms with van der Waals surface area (Å²) in [7, 11) is 0. The van der Waals surface area contributed by atoms with Gasteiger partial charge in [-0.3, -0.25) is 9.59 Å². The number of carbonyl (C=O) groups is 2. The molecule has 3 rings (SSSR count). The number of anilines is 1. The number of aryl methyl sites for hydroxylation is 1. The first-order valence-corrected chi connectivity index (χ1v) is 7.78. The summed E-state index contributed by atoms with van der Waals surface area (Å²) in [4.78, 5) is 25.8. The highest BCUT2D eigenvalue weighted by molar-refractivity contribution is 7.08. The highest BCUT2D eigenvalue weighted by atomic mass is 32.1. The molecule has 1 aromatic heterocycles. The molecule has 1 aliphatic heterocycles. The topological polar surface area (TPSA) is 49.4 Å². The molecular formula is C16H16N2O2S. The number of nitrogens with zero attached hydrogens (tertiary/aromatic N) is 1. The predicted molar refractivity (Wildman–Crippen MR) is 83.2 cm³/mol. The summed E-state index contributed by atoms with van der Waals surface area (Å²) in [6, 6.07) is 8.64. The van der Waals surface area contributed by atoms with Crippen molar-refractivity contribution in [2.75, 3.05) is 4.90 Å². The van der Waals surface area contributed by atoms with Gasteiger partial charge in [-0.15, -0.1) is 0 Å². The summed E-state index contributed by atoms with van der Waals surface area (Å²) >= 11 is 1.65. The second-order valence-corrected chi connectivity index (χ2v) is 5.86. The maximum absolute atomic E-state index is 12.4. The van der Waals surface area contributed by atoms with E-state index in [1.54, 1.807) is 23.5 Å². The van der Waals surface area contributed by atoms with E-state index < -0.39 is 6.04 Å². The number of benzene rings is 1. The third-order valence-electron chi connectivity index (χ3n) is 3.66. The first-order valence-electron chi connectivity index (χ1n) is 6.83. The monoisotopic (exact) mass is 300 g/mol. The summed E-state index contributed by atoms with van der Waals surface area (Å²) < 4.78 is 0. The van der Waals surface area contributed by atoms with Crippen molar-refractivity contribution in [2.24, 2.45) is 0 Å². The lowest BCUT2D eigenvalue weighted by atomic mass is 10.2. The second-order valence-electron chi connectivity index (χ2n) is 5.12. The molecule has 1 unspecified atom stereocenters. The van der Waals surface area contributed by atoms with Gasteiger partial charge in [0.25, 0.3) is 5.91 Å². The van der Waals surface area contributed by atoms with Gasteiger partial charge >= 0.3 is 0 Å². The van der Waals surface area contributed by atoms with Gasteiger partial charge in [-0.05, 0) is 40.9 Å². The van der Waals surface area contributed by atoms with Gasteiger partial charge in [0.15, 0.2) is 0 Å². The number of rotatable bonds is 4. The van der Waals surface area contributed by atoms with Crippen LogP contribution >= 0.6 is 11.3 Å². The van der Waals surface area contributed by atoms with Crippen molar-refractivity contribution in [3.05, 3.63) is 52.2 Å². The molecule has 1 atom stereocenters. The Hall–Kier alpha value is -1.98. The molecule has 5 heteroatoms. The van der Waals surface area contributed by atoms with Crippen LogP contribution in [0.4, 0.5) is 5.69 Å². The van der Waals surface area contributed by atoms with Crippen molar-refractivity contribution in [3.63, 3.8) is 0 Å². The number of para-hydroxylation sites is 1. The molecule has 1 aromatic carbocycles. The molecule has 0 radical (unpaired) electrons. The Morgan fingerprint density at radius 3 is 2.67 bits per heavy atom. The highest BCUT2D eigenvalue weighted by Crippen LogP contribution is 2.23. The van der Waals surface area contributed by atoms with E-state index in [1.807, 2.05) is 25.1 Å². The largest absolute Gasteiger partial charge is 0.301 e. The van der Waals surface area contributed by atoms with Crippen molar-refractivity contribution in [2.45, 2.75) is 25.9 Å². The maximum Gasteiger partial charge on any atom is 0.251 e. The van der Waals surface area contributed by atoms with Gasteiger partial charge in [0.2, 0.25) is 5.91 Å². The number of hydrogen-bond donors (Lipinski definition) is 1. The van der Waals surface area contributed by atoms with E-state index in [4.69, 9.17) is 0 Å². The first-order chi connectivity index (χ1) is 10.2. The zero-order chi connectivity index (χ0) is 14.8. The van der Waals surface area contributed by atoms with Gasteiger partial charge in [0, 0.05) is 6.54 Å². The summed E-state index contributed by atoms with van der Waals surface area (Å²) in [6.45, 7) is 2.66. The molecule has 0 aliphatic carbocycles. The molecule has 0 bridgehead atoms. The van der Waals surface area contributed by atoms with Gasteiger partial charge in [-0.1, -0.05) is 18.2 Å². The van der Waals surface area contributed by atoms with Gasteiger partial charge in [-0.25, -0.2) is 4.90 Å². The Balaban J connectivity index is 1.71. The smallest absolute Gasteiger partial charge is 0.251 e. The molecule has 0 spiro atoms. The summed E-state index contributed by atoms with van der Waals surface area (Å²) in [6.07, 6.45) is 0.219. The molecule has 4 nitrogen and oxygen atoms in total. The fourth-order valence-electron chi connectivity index (χ4n) is 2.44. The Morgan fingerprint density at radius 1 is 1.24 bits per heavy atom. The standard InChI is InChI=1S/C16H16N2O2S/c1-11-9-21-10-12(11)8-17-14-7-15(19)18(16(14)20)13-5-3-2-4-6-13/h2-6,9-10,14,17H,7-8H2,1H3. The molecule has 2 heterocycles. The van der Waals surface area contributed by atoms with Crippen LogP contribution < -0.4 is 10.2 Å². The average Bonchev–Trinajstić information content (AvgIpc) is 3.01. The van der Waals surface area contributed by atoms with E-state index in [0.717, 1.165) is 0 Å². The van der Waals surface area contributed by atoms with Crippen molar-refractivity contribution in [1.82, 2.24) is 5.32 Å². The van der Waals surface area contributed by atoms with E-state index in [0.29, 0.717) is 12.2 Å². The normalized spacial score (nSPS) is 18.5. The molecular weight excluding hydrogens is 284 g/mol. The Bertz CT molecular complexity index is 666. The minimum atomic E-state index is -0.433. The quantitative estimate of drug-likeness (QED) is 0.883.